The van der Waals surface area contributed by atoms with E-state index >= 15 is 0 Å². The molecule has 0 saturated carbocycles. The van der Waals surface area contributed by atoms with Crippen LogP contribution in [0.3, 0.4) is 0 Å². The minimum atomic E-state index is -0.941. The Hall–Kier alpha value is -1.88. The molecule has 0 spiro atoms. The largest absolute Gasteiger partial charge is 0.477 e. The number of rotatable bonds is 1. The van der Waals surface area contributed by atoms with Gasteiger partial charge in [-0.05, 0) is 23.8 Å². The van der Waals surface area contributed by atoms with E-state index in [2.05, 4.69) is 0 Å². The van der Waals surface area contributed by atoms with Crippen LogP contribution >= 0.6 is 11.8 Å². The molecular weight excluding hydrogens is 240 g/mol. The number of allylic oxidation sites excluding steroid dienone is 2. The van der Waals surface area contributed by atoms with E-state index in [1.54, 1.807) is 12.2 Å². The number of fused-ring (bicyclic) bond motifs is 3. The third-order valence-corrected chi connectivity index (χ3v) is 3.63. The standard InChI is InChI=1S/C12H8O4S/c13-12(14)9-3-1-2-7-4-5-8-10(11(7)17-9)16-6-15-8/h1-5H,6H2,(H,13,14). The third kappa shape index (κ3) is 1.68. The van der Waals surface area contributed by atoms with Gasteiger partial charge in [0, 0.05) is 0 Å². The van der Waals surface area contributed by atoms with Crippen molar-refractivity contribution in [1.29, 1.82) is 0 Å². The average Bonchev–Trinajstić information content (AvgIpc) is 2.67. The van der Waals surface area contributed by atoms with Crippen molar-refractivity contribution in [2.45, 2.75) is 4.90 Å². The Balaban J connectivity index is 2.12. The Morgan fingerprint density at radius 3 is 3.06 bits per heavy atom. The van der Waals surface area contributed by atoms with E-state index in [1.807, 2.05) is 18.2 Å². The zero-order chi connectivity index (χ0) is 11.8. The molecule has 2 aliphatic heterocycles. The minimum Gasteiger partial charge on any atom is -0.477 e. The van der Waals surface area contributed by atoms with Gasteiger partial charge in [0.15, 0.2) is 11.5 Å². The number of benzene rings is 1. The van der Waals surface area contributed by atoms with Crippen molar-refractivity contribution in [2.75, 3.05) is 6.79 Å². The summed E-state index contributed by atoms with van der Waals surface area (Å²) in [5.41, 5.74) is 0.937. The third-order valence-electron chi connectivity index (χ3n) is 2.47. The second-order valence-electron chi connectivity index (χ2n) is 3.51. The van der Waals surface area contributed by atoms with Crippen LogP contribution in [0.25, 0.3) is 6.08 Å². The summed E-state index contributed by atoms with van der Waals surface area (Å²) in [5, 5.41) is 9.04. The van der Waals surface area contributed by atoms with Gasteiger partial charge in [0.05, 0.1) is 9.80 Å². The maximum absolute atomic E-state index is 11.0. The molecule has 0 saturated heterocycles. The van der Waals surface area contributed by atoms with Crippen LogP contribution < -0.4 is 9.47 Å². The van der Waals surface area contributed by atoms with Gasteiger partial charge in [-0.25, -0.2) is 4.79 Å². The lowest BCUT2D eigenvalue weighted by Crippen LogP contribution is -1.97. The molecule has 2 aliphatic rings. The number of aliphatic carboxylic acids is 1. The molecule has 4 nitrogen and oxygen atoms in total. The van der Waals surface area contributed by atoms with E-state index in [0.29, 0.717) is 11.5 Å². The molecule has 0 aliphatic carbocycles. The first-order chi connectivity index (χ1) is 8.25. The van der Waals surface area contributed by atoms with Gasteiger partial charge in [-0.3, -0.25) is 0 Å². The predicted molar refractivity (Wildman–Crippen MR) is 63.2 cm³/mol. The molecule has 86 valence electrons. The van der Waals surface area contributed by atoms with E-state index in [0.717, 1.165) is 10.5 Å². The molecule has 1 aromatic rings. The highest BCUT2D eigenvalue weighted by atomic mass is 32.2. The summed E-state index contributed by atoms with van der Waals surface area (Å²) >= 11 is 1.19. The van der Waals surface area contributed by atoms with Crippen molar-refractivity contribution in [3.8, 4) is 11.5 Å². The second kappa shape index (κ2) is 3.85. The highest BCUT2D eigenvalue weighted by Crippen LogP contribution is 2.46. The predicted octanol–water partition coefficient (Wildman–Crippen LogP) is 2.50. The monoisotopic (exact) mass is 248 g/mol. The van der Waals surface area contributed by atoms with Crippen LogP contribution in [-0.4, -0.2) is 17.9 Å². The van der Waals surface area contributed by atoms with Gasteiger partial charge in [0.2, 0.25) is 6.79 Å². The number of thioether (sulfide) groups is 1. The van der Waals surface area contributed by atoms with Crippen LogP contribution in [0.4, 0.5) is 0 Å². The summed E-state index contributed by atoms with van der Waals surface area (Å²) in [6.07, 6.45) is 5.17. The van der Waals surface area contributed by atoms with Crippen LogP contribution in [0.1, 0.15) is 5.56 Å². The number of hydrogen-bond acceptors (Lipinski definition) is 4. The van der Waals surface area contributed by atoms with Crippen molar-refractivity contribution in [1.82, 2.24) is 0 Å². The van der Waals surface area contributed by atoms with Gasteiger partial charge in [-0.15, -0.1) is 0 Å². The summed E-state index contributed by atoms with van der Waals surface area (Å²) in [7, 11) is 0. The van der Waals surface area contributed by atoms with Crippen LogP contribution in [0.5, 0.6) is 11.5 Å². The number of ether oxygens (including phenoxy) is 2. The fourth-order valence-corrected chi connectivity index (χ4v) is 2.66. The molecule has 1 N–H and O–H groups in total. The topological polar surface area (TPSA) is 55.8 Å². The maximum atomic E-state index is 11.0. The van der Waals surface area contributed by atoms with Gasteiger partial charge in [0.1, 0.15) is 0 Å². The highest BCUT2D eigenvalue weighted by Gasteiger charge is 2.23. The van der Waals surface area contributed by atoms with Crippen LogP contribution in [0.2, 0.25) is 0 Å². The summed E-state index contributed by atoms with van der Waals surface area (Å²) in [5.74, 6) is 0.353. The minimum absolute atomic E-state index is 0.183. The lowest BCUT2D eigenvalue weighted by molar-refractivity contribution is -0.131. The van der Waals surface area contributed by atoms with Crippen LogP contribution in [0, 0.1) is 0 Å². The molecule has 17 heavy (non-hydrogen) atoms. The first-order valence-electron chi connectivity index (χ1n) is 4.98. The zero-order valence-electron chi connectivity index (χ0n) is 8.67. The number of hydrogen-bond donors (Lipinski definition) is 1. The Morgan fingerprint density at radius 1 is 1.35 bits per heavy atom. The molecule has 5 heteroatoms. The molecule has 0 atom stereocenters. The molecule has 1 aromatic carbocycles. The van der Waals surface area contributed by atoms with E-state index < -0.39 is 5.97 Å². The van der Waals surface area contributed by atoms with Gasteiger partial charge in [0.25, 0.3) is 0 Å². The van der Waals surface area contributed by atoms with Gasteiger partial charge >= 0.3 is 5.97 Å². The fraction of sp³-hybridized carbons (Fsp3) is 0.0833. The van der Waals surface area contributed by atoms with Gasteiger partial charge in [-0.1, -0.05) is 23.9 Å². The first-order valence-corrected chi connectivity index (χ1v) is 5.79. The number of carboxylic acid groups (broad SMARTS) is 1. The molecule has 0 radical (unpaired) electrons. The summed E-state index contributed by atoms with van der Waals surface area (Å²) in [4.78, 5) is 12.1. The summed E-state index contributed by atoms with van der Waals surface area (Å²) < 4.78 is 10.7. The Morgan fingerprint density at radius 2 is 2.24 bits per heavy atom. The Bertz CT molecular complexity index is 560. The van der Waals surface area contributed by atoms with Crippen molar-refractivity contribution < 1.29 is 19.4 Å². The average molecular weight is 248 g/mol. The normalized spacial score (nSPS) is 16.1. The zero-order valence-corrected chi connectivity index (χ0v) is 9.49. The van der Waals surface area contributed by atoms with Crippen LogP contribution in [0.15, 0.2) is 34.1 Å². The molecule has 0 amide bonds. The van der Waals surface area contributed by atoms with Crippen molar-refractivity contribution >= 4 is 23.8 Å². The Labute approximate surface area is 102 Å². The van der Waals surface area contributed by atoms with Gasteiger partial charge < -0.3 is 14.6 Å². The quantitative estimate of drug-likeness (QED) is 0.827. The van der Waals surface area contributed by atoms with Crippen molar-refractivity contribution in [3.63, 3.8) is 0 Å². The lowest BCUT2D eigenvalue weighted by Gasteiger charge is -2.07. The van der Waals surface area contributed by atoms with E-state index in [4.69, 9.17) is 14.6 Å². The maximum Gasteiger partial charge on any atom is 0.342 e. The molecule has 0 fully saturated rings. The number of carbonyl (C=O) groups is 1. The number of carboxylic acids is 1. The molecule has 2 heterocycles. The highest BCUT2D eigenvalue weighted by molar-refractivity contribution is 8.04. The summed E-state index contributed by atoms with van der Waals surface area (Å²) in [6.45, 7) is 0.183. The van der Waals surface area contributed by atoms with E-state index in [-0.39, 0.29) is 11.7 Å². The summed E-state index contributed by atoms with van der Waals surface area (Å²) in [6, 6.07) is 3.73. The van der Waals surface area contributed by atoms with Crippen molar-refractivity contribution in [3.05, 3.63) is 34.8 Å². The molecule has 0 aromatic heterocycles. The van der Waals surface area contributed by atoms with E-state index in [9.17, 15) is 4.79 Å². The molecule has 3 rings (SSSR count). The first kappa shape index (κ1) is 10.3. The lowest BCUT2D eigenvalue weighted by atomic mass is 10.2. The van der Waals surface area contributed by atoms with E-state index in [1.165, 1.54) is 11.8 Å². The second-order valence-corrected chi connectivity index (χ2v) is 4.57. The molecule has 0 bridgehead atoms. The molecular formula is C12H8O4S. The molecule has 0 unspecified atom stereocenters. The van der Waals surface area contributed by atoms with Crippen molar-refractivity contribution in [2.24, 2.45) is 0 Å². The van der Waals surface area contributed by atoms with Gasteiger partial charge in [-0.2, -0.15) is 0 Å². The Kier molecular flexibility index (Phi) is 2.33. The van der Waals surface area contributed by atoms with Crippen LogP contribution in [-0.2, 0) is 4.79 Å². The fourth-order valence-electron chi connectivity index (χ4n) is 1.70. The smallest absolute Gasteiger partial charge is 0.342 e. The SMILES string of the molecule is O=C(O)C1=CC=Cc2ccc3c(c2S1)OCO3.